The molecule has 1 N–H and O–H groups in total. The summed E-state index contributed by atoms with van der Waals surface area (Å²) in [6.07, 6.45) is 0.218. The summed E-state index contributed by atoms with van der Waals surface area (Å²) in [6.45, 7) is 6.80. The molecule has 2 rings (SSSR count). The molecule has 0 spiro atoms. The first-order valence-electron chi connectivity index (χ1n) is 7.78. The Morgan fingerprint density at radius 2 is 1.95 bits per heavy atom. The van der Waals surface area contributed by atoms with Gasteiger partial charge in [0.05, 0.1) is 24.9 Å². The topological polar surface area (TPSA) is 38.7 Å². The number of benzene rings is 1. The van der Waals surface area contributed by atoms with E-state index in [0.29, 0.717) is 6.61 Å². The van der Waals surface area contributed by atoms with Gasteiger partial charge in [0.15, 0.2) is 0 Å². The molecule has 1 aliphatic heterocycles. The first kappa shape index (κ1) is 16.8. The summed E-state index contributed by atoms with van der Waals surface area (Å²) >= 11 is 1.76. The van der Waals surface area contributed by atoms with E-state index in [1.54, 1.807) is 11.8 Å². The number of hydrogen-bond acceptors (Lipinski definition) is 4. The quantitative estimate of drug-likeness (QED) is 0.873. The third-order valence-electron chi connectivity index (χ3n) is 4.03. The standard InChI is InChI=1S/C17H26O3S/c1-4-14-15(18)12(3)16(17(20-14)21-5-2)19-11-13-9-7-6-8-10-13/h6-10,12,14-18H,4-5,11H2,1-3H3/t12-,14?,15-,16?,17-/m0/s1. The van der Waals surface area contributed by atoms with Crippen LogP contribution >= 0.6 is 11.8 Å². The van der Waals surface area contributed by atoms with Crippen LogP contribution in [0.25, 0.3) is 0 Å². The fourth-order valence-electron chi connectivity index (χ4n) is 2.74. The summed E-state index contributed by atoms with van der Waals surface area (Å²) in [5, 5.41) is 10.4. The smallest absolute Gasteiger partial charge is 0.130 e. The average Bonchev–Trinajstić information content (AvgIpc) is 2.51. The molecule has 3 nitrogen and oxygen atoms in total. The van der Waals surface area contributed by atoms with Crippen LogP contribution < -0.4 is 0 Å². The lowest BCUT2D eigenvalue weighted by molar-refractivity contribution is -0.187. The number of aliphatic hydroxyl groups is 1. The highest BCUT2D eigenvalue weighted by Crippen LogP contribution is 2.35. The molecule has 1 aromatic rings. The Kier molecular flexibility index (Phi) is 6.55. The number of rotatable bonds is 6. The van der Waals surface area contributed by atoms with Gasteiger partial charge in [-0.3, -0.25) is 0 Å². The summed E-state index contributed by atoms with van der Waals surface area (Å²) in [7, 11) is 0. The molecule has 5 atom stereocenters. The predicted molar refractivity (Wildman–Crippen MR) is 87.3 cm³/mol. The molecule has 1 saturated heterocycles. The Balaban J connectivity index is 2.03. The largest absolute Gasteiger partial charge is 0.390 e. The zero-order valence-corrected chi connectivity index (χ0v) is 13.9. The zero-order valence-electron chi connectivity index (χ0n) is 13.1. The van der Waals surface area contributed by atoms with Gasteiger partial charge in [-0.1, -0.05) is 51.1 Å². The molecule has 4 heteroatoms. The van der Waals surface area contributed by atoms with E-state index in [1.807, 2.05) is 18.2 Å². The van der Waals surface area contributed by atoms with Crippen LogP contribution in [0.4, 0.5) is 0 Å². The van der Waals surface area contributed by atoms with E-state index < -0.39 is 6.10 Å². The van der Waals surface area contributed by atoms with Crippen molar-refractivity contribution in [2.45, 2.75) is 57.5 Å². The van der Waals surface area contributed by atoms with Crippen molar-refractivity contribution in [1.29, 1.82) is 0 Å². The minimum atomic E-state index is -0.454. The van der Waals surface area contributed by atoms with Crippen molar-refractivity contribution >= 4 is 11.8 Å². The third kappa shape index (κ3) is 4.22. The van der Waals surface area contributed by atoms with Crippen LogP contribution in [0.1, 0.15) is 32.8 Å². The minimum Gasteiger partial charge on any atom is -0.390 e. The number of ether oxygens (including phenoxy) is 2. The summed E-state index contributed by atoms with van der Waals surface area (Å²) in [4.78, 5) is 0. The Hall–Kier alpha value is -0.550. The van der Waals surface area contributed by atoms with Crippen LogP contribution in [0.3, 0.4) is 0 Å². The molecule has 1 aromatic carbocycles. The molecule has 0 saturated carbocycles. The predicted octanol–water partition coefficient (Wildman–Crippen LogP) is 3.46. The monoisotopic (exact) mass is 310 g/mol. The van der Waals surface area contributed by atoms with E-state index in [0.717, 1.165) is 17.7 Å². The van der Waals surface area contributed by atoms with Gasteiger partial charge in [0.1, 0.15) is 5.44 Å². The van der Waals surface area contributed by atoms with Crippen molar-refractivity contribution in [2.75, 3.05) is 5.75 Å². The second kappa shape index (κ2) is 8.18. The highest BCUT2D eigenvalue weighted by Gasteiger charge is 2.42. The molecule has 0 aromatic heterocycles. The molecule has 2 unspecified atom stereocenters. The molecule has 1 aliphatic rings. The first-order chi connectivity index (χ1) is 10.2. The molecule has 1 fully saturated rings. The normalized spacial score (nSPS) is 33.0. The lowest BCUT2D eigenvalue weighted by atomic mass is 9.90. The van der Waals surface area contributed by atoms with Gasteiger partial charge in [-0.05, 0) is 17.7 Å². The fourth-order valence-corrected chi connectivity index (χ4v) is 3.81. The summed E-state index contributed by atoms with van der Waals surface area (Å²) in [5.74, 6) is 1.06. The van der Waals surface area contributed by atoms with E-state index >= 15 is 0 Å². The van der Waals surface area contributed by atoms with E-state index in [9.17, 15) is 5.11 Å². The zero-order chi connectivity index (χ0) is 15.2. The molecule has 1 heterocycles. The van der Waals surface area contributed by atoms with Gasteiger partial charge in [-0.15, -0.1) is 11.8 Å². The summed E-state index contributed by atoms with van der Waals surface area (Å²) in [5.41, 5.74) is 1.15. The molecule has 21 heavy (non-hydrogen) atoms. The SMILES string of the molecule is CCS[C@@H]1OC(CC)[C@@H](O)[C@H](C)C1OCc1ccccc1. The highest BCUT2D eigenvalue weighted by atomic mass is 32.2. The van der Waals surface area contributed by atoms with Crippen LogP contribution in [0.5, 0.6) is 0 Å². The fraction of sp³-hybridized carbons (Fsp3) is 0.647. The van der Waals surface area contributed by atoms with Gasteiger partial charge in [-0.25, -0.2) is 0 Å². The molecule has 0 radical (unpaired) electrons. The Labute approximate surface area is 132 Å². The van der Waals surface area contributed by atoms with Crippen LogP contribution in [-0.2, 0) is 16.1 Å². The maximum Gasteiger partial charge on any atom is 0.130 e. The average molecular weight is 310 g/mol. The van der Waals surface area contributed by atoms with Crippen molar-refractivity contribution in [3.8, 4) is 0 Å². The third-order valence-corrected chi connectivity index (χ3v) is 5.07. The van der Waals surface area contributed by atoms with Gasteiger partial charge in [0.25, 0.3) is 0 Å². The van der Waals surface area contributed by atoms with Crippen molar-refractivity contribution in [2.24, 2.45) is 5.92 Å². The highest BCUT2D eigenvalue weighted by molar-refractivity contribution is 7.99. The molecule has 0 aliphatic carbocycles. The van der Waals surface area contributed by atoms with Crippen molar-refractivity contribution < 1.29 is 14.6 Å². The molecule has 118 valence electrons. The second-order valence-corrected chi connectivity index (χ2v) is 6.89. The maximum absolute atomic E-state index is 10.4. The van der Waals surface area contributed by atoms with Crippen molar-refractivity contribution in [1.82, 2.24) is 0 Å². The lowest BCUT2D eigenvalue weighted by Gasteiger charge is -2.43. The number of hydrogen-bond donors (Lipinski definition) is 1. The van der Waals surface area contributed by atoms with Crippen LogP contribution in [-0.4, -0.2) is 34.6 Å². The summed E-state index contributed by atoms with van der Waals surface area (Å²) < 4.78 is 12.2. The summed E-state index contributed by atoms with van der Waals surface area (Å²) in [6, 6.07) is 10.1. The van der Waals surface area contributed by atoms with Gasteiger partial charge in [0, 0.05) is 5.92 Å². The molecule has 0 amide bonds. The second-order valence-electron chi connectivity index (χ2n) is 5.52. The number of aliphatic hydroxyl groups excluding tert-OH is 1. The Bertz CT molecular complexity index is 412. The first-order valence-corrected chi connectivity index (χ1v) is 8.82. The van der Waals surface area contributed by atoms with Gasteiger partial charge < -0.3 is 14.6 Å². The van der Waals surface area contributed by atoms with Gasteiger partial charge >= 0.3 is 0 Å². The minimum absolute atomic E-state index is 0.00191. The van der Waals surface area contributed by atoms with Gasteiger partial charge in [-0.2, -0.15) is 0 Å². The number of thioether (sulfide) groups is 1. The van der Waals surface area contributed by atoms with Crippen molar-refractivity contribution in [3.63, 3.8) is 0 Å². The van der Waals surface area contributed by atoms with E-state index in [2.05, 4.69) is 32.9 Å². The Morgan fingerprint density at radius 1 is 1.24 bits per heavy atom. The molecular formula is C17H26O3S. The van der Waals surface area contributed by atoms with E-state index in [-0.39, 0.29) is 23.6 Å². The van der Waals surface area contributed by atoms with Crippen LogP contribution in [0.2, 0.25) is 0 Å². The molecule has 0 bridgehead atoms. The van der Waals surface area contributed by atoms with Crippen LogP contribution in [0, 0.1) is 5.92 Å². The lowest BCUT2D eigenvalue weighted by Crippen LogP contribution is -2.52. The van der Waals surface area contributed by atoms with Gasteiger partial charge in [0.2, 0.25) is 0 Å². The molecular weight excluding hydrogens is 284 g/mol. The maximum atomic E-state index is 10.4. The Morgan fingerprint density at radius 3 is 2.57 bits per heavy atom. The van der Waals surface area contributed by atoms with Crippen molar-refractivity contribution in [3.05, 3.63) is 35.9 Å². The van der Waals surface area contributed by atoms with Crippen LogP contribution in [0.15, 0.2) is 30.3 Å². The van der Waals surface area contributed by atoms with E-state index in [4.69, 9.17) is 9.47 Å². The van der Waals surface area contributed by atoms with E-state index in [1.165, 1.54) is 0 Å².